The van der Waals surface area contributed by atoms with Crippen molar-refractivity contribution in [2.75, 3.05) is 11.1 Å². The minimum Gasteiger partial charge on any atom is -0.323 e. The van der Waals surface area contributed by atoms with Gasteiger partial charge in [-0.25, -0.2) is 8.78 Å². The van der Waals surface area contributed by atoms with E-state index in [1.807, 2.05) is 12.1 Å². The average Bonchev–Trinajstić information content (AvgIpc) is 2.44. The van der Waals surface area contributed by atoms with Gasteiger partial charge in [-0.2, -0.15) is 0 Å². The first-order valence-electron chi connectivity index (χ1n) is 6.11. The van der Waals surface area contributed by atoms with Gasteiger partial charge in [-0.1, -0.05) is 23.7 Å². The Hall–Kier alpha value is -1.59. The first kappa shape index (κ1) is 15.8. The van der Waals surface area contributed by atoms with E-state index in [9.17, 15) is 13.6 Å². The van der Waals surface area contributed by atoms with Crippen LogP contribution >= 0.6 is 23.4 Å². The molecule has 2 rings (SSSR count). The zero-order valence-corrected chi connectivity index (χ0v) is 12.5. The lowest BCUT2D eigenvalue weighted by molar-refractivity contribution is -0.113. The van der Waals surface area contributed by atoms with Gasteiger partial charge in [-0.05, 0) is 29.8 Å². The molecule has 6 heteroatoms. The predicted molar refractivity (Wildman–Crippen MR) is 82.6 cm³/mol. The highest BCUT2D eigenvalue weighted by atomic mass is 35.5. The van der Waals surface area contributed by atoms with Crippen LogP contribution in [0, 0.1) is 11.6 Å². The third-order valence-electron chi connectivity index (χ3n) is 2.62. The van der Waals surface area contributed by atoms with Crippen LogP contribution in [-0.4, -0.2) is 11.7 Å². The van der Waals surface area contributed by atoms with Crippen molar-refractivity contribution >= 4 is 35.0 Å². The Labute approximate surface area is 130 Å². The van der Waals surface area contributed by atoms with E-state index >= 15 is 0 Å². The smallest absolute Gasteiger partial charge is 0.234 e. The second-order valence-electron chi connectivity index (χ2n) is 4.29. The molecule has 0 atom stereocenters. The van der Waals surface area contributed by atoms with Gasteiger partial charge in [-0.3, -0.25) is 4.79 Å². The Bertz CT molecular complexity index is 634. The van der Waals surface area contributed by atoms with Crippen LogP contribution in [0.25, 0.3) is 0 Å². The van der Waals surface area contributed by atoms with Gasteiger partial charge in [0.1, 0.15) is 11.6 Å². The average molecular weight is 328 g/mol. The van der Waals surface area contributed by atoms with Crippen LogP contribution in [0.2, 0.25) is 5.02 Å². The Kier molecular flexibility index (Phi) is 5.59. The van der Waals surface area contributed by atoms with Crippen LogP contribution < -0.4 is 5.32 Å². The monoisotopic (exact) mass is 327 g/mol. The summed E-state index contributed by atoms with van der Waals surface area (Å²) in [6.45, 7) is 0. The maximum absolute atomic E-state index is 13.4. The lowest BCUT2D eigenvalue weighted by atomic mass is 10.2. The van der Waals surface area contributed by atoms with E-state index in [2.05, 4.69) is 5.32 Å². The SMILES string of the molecule is O=C(CSCc1ccc(Cl)cc1)Nc1ccc(F)cc1F. The molecule has 2 aromatic rings. The molecule has 1 amide bonds. The Morgan fingerprint density at radius 3 is 2.52 bits per heavy atom. The molecule has 21 heavy (non-hydrogen) atoms. The third kappa shape index (κ3) is 5.02. The van der Waals surface area contributed by atoms with E-state index < -0.39 is 11.6 Å². The van der Waals surface area contributed by atoms with Crippen molar-refractivity contribution in [3.8, 4) is 0 Å². The number of hydrogen-bond donors (Lipinski definition) is 1. The van der Waals surface area contributed by atoms with Crippen molar-refractivity contribution < 1.29 is 13.6 Å². The number of halogens is 3. The maximum atomic E-state index is 13.4. The van der Waals surface area contributed by atoms with Crippen LogP contribution in [0.4, 0.5) is 14.5 Å². The molecule has 0 heterocycles. The van der Waals surface area contributed by atoms with E-state index in [1.54, 1.807) is 12.1 Å². The van der Waals surface area contributed by atoms with Crippen LogP contribution in [0.5, 0.6) is 0 Å². The number of nitrogens with one attached hydrogen (secondary N) is 1. The van der Waals surface area contributed by atoms with Crippen LogP contribution in [0.1, 0.15) is 5.56 Å². The maximum Gasteiger partial charge on any atom is 0.234 e. The van der Waals surface area contributed by atoms with Gasteiger partial charge < -0.3 is 5.32 Å². The van der Waals surface area contributed by atoms with E-state index in [0.717, 1.165) is 17.7 Å². The lowest BCUT2D eigenvalue weighted by Crippen LogP contribution is -2.15. The first-order chi connectivity index (χ1) is 10.0. The molecule has 0 fully saturated rings. The molecular formula is C15H12ClF2NOS. The number of hydrogen-bond acceptors (Lipinski definition) is 2. The highest BCUT2D eigenvalue weighted by Gasteiger charge is 2.08. The first-order valence-corrected chi connectivity index (χ1v) is 7.65. The van der Waals surface area contributed by atoms with Crippen LogP contribution in [-0.2, 0) is 10.5 Å². The Morgan fingerprint density at radius 2 is 1.86 bits per heavy atom. The van der Waals surface area contributed by atoms with Gasteiger partial charge in [0.15, 0.2) is 0 Å². The quantitative estimate of drug-likeness (QED) is 0.876. The van der Waals surface area contributed by atoms with Crippen LogP contribution in [0.3, 0.4) is 0 Å². The number of carbonyl (C=O) groups is 1. The van der Waals surface area contributed by atoms with Gasteiger partial charge in [0, 0.05) is 16.8 Å². The molecule has 2 aromatic carbocycles. The third-order valence-corrected chi connectivity index (χ3v) is 3.88. The summed E-state index contributed by atoms with van der Waals surface area (Å²) >= 11 is 7.18. The Balaban J connectivity index is 1.81. The lowest BCUT2D eigenvalue weighted by Gasteiger charge is -2.06. The summed E-state index contributed by atoms with van der Waals surface area (Å²) in [5, 5.41) is 3.07. The molecule has 0 aliphatic carbocycles. The molecule has 0 bridgehead atoms. The number of anilines is 1. The minimum absolute atomic E-state index is 0.0199. The van der Waals surface area contributed by atoms with Gasteiger partial charge in [0.25, 0.3) is 0 Å². The zero-order chi connectivity index (χ0) is 15.2. The molecule has 0 saturated heterocycles. The fraction of sp³-hybridized carbons (Fsp3) is 0.133. The van der Waals surface area contributed by atoms with Gasteiger partial charge in [0.2, 0.25) is 5.91 Å². The second-order valence-corrected chi connectivity index (χ2v) is 5.71. The molecule has 2 nitrogen and oxygen atoms in total. The highest BCUT2D eigenvalue weighted by Crippen LogP contribution is 2.17. The van der Waals surface area contributed by atoms with Gasteiger partial charge in [-0.15, -0.1) is 11.8 Å². The van der Waals surface area contributed by atoms with Gasteiger partial charge >= 0.3 is 0 Å². The largest absolute Gasteiger partial charge is 0.323 e. The molecule has 0 aliphatic rings. The molecular weight excluding hydrogens is 316 g/mol. The summed E-state index contributed by atoms with van der Waals surface area (Å²) in [7, 11) is 0. The van der Waals surface area contributed by atoms with E-state index in [4.69, 9.17) is 11.6 Å². The molecule has 0 spiro atoms. The molecule has 1 N–H and O–H groups in total. The van der Waals surface area contributed by atoms with Crippen LogP contribution in [0.15, 0.2) is 42.5 Å². The van der Waals surface area contributed by atoms with Crippen molar-refractivity contribution in [3.05, 3.63) is 64.7 Å². The topological polar surface area (TPSA) is 29.1 Å². The van der Waals surface area contributed by atoms with Crippen molar-refractivity contribution in [1.82, 2.24) is 0 Å². The highest BCUT2D eigenvalue weighted by molar-refractivity contribution is 7.99. The van der Waals surface area contributed by atoms with E-state index in [0.29, 0.717) is 10.8 Å². The predicted octanol–water partition coefficient (Wildman–Crippen LogP) is 4.49. The summed E-state index contributed by atoms with van der Waals surface area (Å²) in [6, 6.07) is 10.4. The van der Waals surface area contributed by atoms with E-state index in [1.165, 1.54) is 17.8 Å². The Morgan fingerprint density at radius 1 is 1.14 bits per heavy atom. The molecule has 0 saturated carbocycles. The van der Waals surface area contributed by atoms with E-state index in [-0.39, 0.29) is 17.3 Å². The molecule has 0 unspecified atom stereocenters. The summed E-state index contributed by atoms with van der Waals surface area (Å²) in [4.78, 5) is 11.7. The number of amides is 1. The number of thioether (sulfide) groups is 1. The standard InChI is InChI=1S/C15H12ClF2NOS/c16-11-3-1-10(2-4-11)8-21-9-15(20)19-14-6-5-12(17)7-13(14)18/h1-7H,8-9H2,(H,19,20). The molecule has 0 radical (unpaired) electrons. The van der Waals surface area contributed by atoms with Crippen molar-refractivity contribution in [3.63, 3.8) is 0 Å². The normalized spacial score (nSPS) is 10.4. The zero-order valence-electron chi connectivity index (χ0n) is 10.9. The summed E-state index contributed by atoms with van der Waals surface area (Å²) in [5.41, 5.74) is 1.03. The number of rotatable bonds is 5. The molecule has 0 aliphatic heterocycles. The van der Waals surface area contributed by atoms with Crippen molar-refractivity contribution in [2.24, 2.45) is 0 Å². The van der Waals surface area contributed by atoms with Gasteiger partial charge in [0.05, 0.1) is 11.4 Å². The number of carbonyl (C=O) groups excluding carboxylic acids is 1. The minimum atomic E-state index is -0.786. The molecule has 0 aromatic heterocycles. The summed E-state index contributed by atoms with van der Waals surface area (Å²) < 4.78 is 26.1. The number of benzene rings is 2. The fourth-order valence-corrected chi connectivity index (χ4v) is 2.53. The summed E-state index contributed by atoms with van der Waals surface area (Å²) in [6.07, 6.45) is 0. The van der Waals surface area contributed by atoms with Crippen molar-refractivity contribution in [2.45, 2.75) is 5.75 Å². The summed E-state index contributed by atoms with van der Waals surface area (Å²) in [5.74, 6) is -0.969. The molecule has 110 valence electrons. The second kappa shape index (κ2) is 7.43. The fourth-order valence-electron chi connectivity index (χ4n) is 1.62. The van der Waals surface area contributed by atoms with Crippen molar-refractivity contribution in [1.29, 1.82) is 0 Å².